The Bertz CT molecular complexity index is 328. The summed E-state index contributed by atoms with van der Waals surface area (Å²) in [6.07, 6.45) is 0. The van der Waals surface area contributed by atoms with Crippen molar-refractivity contribution >= 4 is 11.8 Å². The summed E-state index contributed by atoms with van der Waals surface area (Å²) in [6.45, 7) is 0. The van der Waals surface area contributed by atoms with E-state index in [0.717, 1.165) is 0 Å². The minimum Gasteiger partial charge on any atom is -0.197 e. The molecule has 0 saturated carbocycles. The Hall–Kier alpha value is -1.15. The van der Waals surface area contributed by atoms with Crippen LogP contribution >= 0.6 is 11.8 Å². The van der Waals surface area contributed by atoms with Gasteiger partial charge < -0.3 is 0 Å². The fraction of sp³-hybridized carbons (Fsp3) is 0.222. The topological polar surface area (TPSA) is 23.8 Å². The monoisotopic (exact) mass is 217 g/mol. The van der Waals surface area contributed by atoms with E-state index in [1.165, 1.54) is 12.1 Å². The molecule has 0 aliphatic rings. The lowest BCUT2D eigenvalue weighted by Gasteiger charge is -2.10. The Kier molecular flexibility index (Phi) is 3.42. The fourth-order valence-corrected chi connectivity index (χ4v) is 1.54. The van der Waals surface area contributed by atoms with Gasteiger partial charge in [0.1, 0.15) is 5.25 Å². The van der Waals surface area contributed by atoms with Gasteiger partial charge in [-0.25, -0.2) is 0 Å². The molecule has 5 heteroatoms. The summed E-state index contributed by atoms with van der Waals surface area (Å²) in [5.74, 6) is 0. The van der Waals surface area contributed by atoms with E-state index in [1.807, 2.05) is 0 Å². The number of hydrogen-bond donors (Lipinski definition) is 0. The molecule has 1 aromatic carbocycles. The summed E-state index contributed by atoms with van der Waals surface area (Å²) in [5.41, 5.74) is -4.01. The molecule has 0 heterocycles. The second-order valence-electron chi connectivity index (χ2n) is 2.48. The summed E-state index contributed by atoms with van der Waals surface area (Å²) in [6, 6.07) is 9.54. The minimum absolute atomic E-state index is 0.306. The molecule has 1 aromatic rings. The van der Waals surface area contributed by atoms with Crippen molar-refractivity contribution in [1.29, 1.82) is 5.26 Å². The lowest BCUT2D eigenvalue weighted by molar-refractivity contribution is -0.0331. The van der Waals surface area contributed by atoms with Crippen LogP contribution in [0.5, 0.6) is 0 Å². The van der Waals surface area contributed by atoms with Gasteiger partial charge in [-0.1, -0.05) is 30.3 Å². The quantitative estimate of drug-likeness (QED) is 0.756. The largest absolute Gasteiger partial charge is 0.443 e. The number of alkyl halides is 3. The Labute approximate surface area is 83.5 Å². The SMILES string of the molecule is N#CC(SC(F)(F)F)c1ccccc1. The average Bonchev–Trinajstić information content (AvgIpc) is 2.14. The zero-order valence-corrected chi connectivity index (χ0v) is 7.77. The van der Waals surface area contributed by atoms with Crippen molar-refractivity contribution in [3.8, 4) is 6.07 Å². The zero-order chi connectivity index (χ0) is 10.6. The van der Waals surface area contributed by atoms with Crippen LogP contribution in [-0.2, 0) is 0 Å². The molecular weight excluding hydrogens is 211 g/mol. The van der Waals surface area contributed by atoms with Gasteiger partial charge in [0.15, 0.2) is 0 Å². The molecule has 0 radical (unpaired) electrons. The van der Waals surface area contributed by atoms with Crippen LogP contribution in [0.15, 0.2) is 30.3 Å². The van der Waals surface area contributed by atoms with Crippen molar-refractivity contribution in [3.63, 3.8) is 0 Å². The number of thioether (sulfide) groups is 1. The standard InChI is InChI=1S/C9H6F3NS/c10-9(11,12)14-8(6-13)7-4-2-1-3-5-7/h1-5,8H. The highest BCUT2D eigenvalue weighted by molar-refractivity contribution is 8.00. The Morgan fingerprint density at radius 1 is 1.21 bits per heavy atom. The van der Waals surface area contributed by atoms with Crippen molar-refractivity contribution in [1.82, 2.24) is 0 Å². The highest BCUT2D eigenvalue weighted by Crippen LogP contribution is 2.41. The molecule has 0 bridgehead atoms. The summed E-state index contributed by atoms with van der Waals surface area (Å²) in [4.78, 5) is 0. The predicted molar refractivity (Wildman–Crippen MR) is 48.4 cm³/mol. The predicted octanol–water partition coefficient (Wildman–Crippen LogP) is 3.50. The van der Waals surface area contributed by atoms with E-state index in [0.29, 0.717) is 5.56 Å². The first-order valence-corrected chi connectivity index (χ1v) is 4.60. The van der Waals surface area contributed by atoms with Gasteiger partial charge in [-0.15, -0.1) is 0 Å². The van der Waals surface area contributed by atoms with Gasteiger partial charge in [0.25, 0.3) is 0 Å². The highest BCUT2D eigenvalue weighted by Gasteiger charge is 2.33. The molecule has 0 amide bonds. The first kappa shape index (κ1) is 10.9. The summed E-state index contributed by atoms with van der Waals surface area (Å²) < 4.78 is 36.0. The maximum absolute atomic E-state index is 12.0. The lowest BCUT2D eigenvalue weighted by atomic mass is 10.2. The lowest BCUT2D eigenvalue weighted by Crippen LogP contribution is -2.04. The van der Waals surface area contributed by atoms with E-state index in [9.17, 15) is 13.2 Å². The first-order valence-electron chi connectivity index (χ1n) is 3.72. The van der Waals surface area contributed by atoms with E-state index in [2.05, 4.69) is 0 Å². The van der Waals surface area contributed by atoms with Crippen molar-refractivity contribution in [2.45, 2.75) is 10.8 Å². The molecule has 0 saturated heterocycles. The van der Waals surface area contributed by atoms with Crippen LogP contribution in [-0.4, -0.2) is 5.51 Å². The van der Waals surface area contributed by atoms with Gasteiger partial charge in [0.2, 0.25) is 0 Å². The van der Waals surface area contributed by atoms with Gasteiger partial charge >= 0.3 is 5.51 Å². The van der Waals surface area contributed by atoms with Gasteiger partial charge in [-0.05, 0) is 17.3 Å². The number of rotatable bonds is 2. The van der Waals surface area contributed by atoms with Crippen molar-refractivity contribution < 1.29 is 13.2 Å². The van der Waals surface area contributed by atoms with Crippen LogP contribution in [0.2, 0.25) is 0 Å². The normalized spacial score (nSPS) is 13.3. The van der Waals surface area contributed by atoms with Crippen LogP contribution < -0.4 is 0 Å². The Balaban J connectivity index is 2.80. The van der Waals surface area contributed by atoms with Gasteiger partial charge in [-0.2, -0.15) is 18.4 Å². The third kappa shape index (κ3) is 3.30. The molecule has 1 unspecified atom stereocenters. The molecular formula is C9H6F3NS. The number of halogens is 3. The number of hydrogen-bond acceptors (Lipinski definition) is 2. The van der Waals surface area contributed by atoms with E-state index in [4.69, 9.17) is 5.26 Å². The molecule has 1 atom stereocenters. The molecule has 0 spiro atoms. The van der Waals surface area contributed by atoms with E-state index in [1.54, 1.807) is 24.3 Å². The van der Waals surface area contributed by atoms with Crippen molar-refractivity contribution in [3.05, 3.63) is 35.9 Å². The van der Waals surface area contributed by atoms with E-state index >= 15 is 0 Å². The summed E-state index contributed by atoms with van der Waals surface area (Å²) >= 11 is -0.306. The number of nitrogens with zero attached hydrogens (tertiary/aromatic N) is 1. The minimum atomic E-state index is -4.38. The molecule has 14 heavy (non-hydrogen) atoms. The summed E-state index contributed by atoms with van der Waals surface area (Å²) in [7, 11) is 0. The van der Waals surface area contributed by atoms with E-state index < -0.39 is 10.8 Å². The average molecular weight is 217 g/mol. The van der Waals surface area contributed by atoms with Crippen LogP contribution in [0.25, 0.3) is 0 Å². The fourth-order valence-electron chi connectivity index (χ4n) is 0.930. The highest BCUT2D eigenvalue weighted by atomic mass is 32.2. The second-order valence-corrected chi connectivity index (χ2v) is 3.65. The zero-order valence-electron chi connectivity index (χ0n) is 6.95. The van der Waals surface area contributed by atoms with Crippen LogP contribution in [0.4, 0.5) is 13.2 Å². The smallest absolute Gasteiger partial charge is 0.197 e. The third-order valence-corrected chi connectivity index (χ3v) is 2.35. The number of benzene rings is 1. The molecule has 74 valence electrons. The number of nitriles is 1. The molecule has 0 aliphatic carbocycles. The third-order valence-electron chi connectivity index (χ3n) is 1.47. The van der Waals surface area contributed by atoms with E-state index in [-0.39, 0.29) is 11.8 Å². The molecule has 0 aromatic heterocycles. The van der Waals surface area contributed by atoms with Gasteiger partial charge in [0, 0.05) is 0 Å². The molecule has 0 fully saturated rings. The maximum Gasteiger partial charge on any atom is 0.443 e. The van der Waals surface area contributed by atoms with Crippen LogP contribution in [0, 0.1) is 11.3 Å². The van der Waals surface area contributed by atoms with Crippen LogP contribution in [0.3, 0.4) is 0 Å². The van der Waals surface area contributed by atoms with Gasteiger partial charge in [-0.3, -0.25) is 0 Å². The summed E-state index contributed by atoms with van der Waals surface area (Å²) in [5, 5.41) is 7.39. The Morgan fingerprint density at radius 3 is 2.21 bits per heavy atom. The first-order chi connectivity index (χ1) is 6.53. The Morgan fingerprint density at radius 2 is 1.79 bits per heavy atom. The van der Waals surface area contributed by atoms with Crippen molar-refractivity contribution in [2.24, 2.45) is 0 Å². The van der Waals surface area contributed by atoms with Crippen LogP contribution in [0.1, 0.15) is 10.8 Å². The molecule has 0 N–H and O–H groups in total. The molecule has 1 nitrogen and oxygen atoms in total. The van der Waals surface area contributed by atoms with Gasteiger partial charge in [0.05, 0.1) is 6.07 Å². The molecule has 0 aliphatic heterocycles. The second kappa shape index (κ2) is 4.38. The van der Waals surface area contributed by atoms with Crippen molar-refractivity contribution in [2.75, 3.05) is 0 Å². The maximum atomic E-state index is 12.0. The molecule has 1 rings (SSSR count).